The van der Waals surface area contributed by atoms with Gasteiger partial charge in [0.05, 0.1) is 25.8 Å². The summed E-state index contributed by atoms with van der Waals surface area (Å²) in [6, 6.07) is 16.2. The van der Waals surface area contributed by atoms with Crippen molar-refractivity contribution < 1.29 is 9.53 Å². The second-order valence-electron chi connectivity index (χ2n) is 7.80. The number of nitrogens with zero attached hydrogens (tertiary/aromatic N) is 5. The zero-order valence-electron chi connectivity index (χ0n) is 17.2. The fourth-order valence-electron chi connectivity index (χ4n) is 3.65. The van der Waals surface area contributed by atoms with Gasteiger partial charge >= 0.3 is 0 Å². The predicted molar refractivity (Wildman–Crippen MR) is 118 cm³/mol. The predicted octanol–water partition coefficient (Wildman–Crippen LogP) is 2.56. The molecule has 0 bridgehead atoms. The maximum atomic E-state index is 12.3. The minimum atomic E-state index is -0.0964. The van der Waals surface area contributed by atoms with Crippen LogP contribution < -0.4 is 15.5 Å². The molecule has 9 nitrogen and oxygen atoms in total. The first-order valence-corrected chi connectivity index (χ1v) is 10.6. The number of aromatic nitrogens is 4. The van der Waals surface area contributed by atoms with Gasteiger partial charge < -0.3 is 20.3 Å². The highest BCUT2D eigenvalue weighted by molar-refractivity contribution is 5.93. The summed E-state index contributed by atoms with van der Waals surface area (Å²) in [4.78, 5) is 14.6. The van der Waals surface area contributed by atoms with Gasteiger partial charge in [-0.3, -0.25) is 4.79 Å². The van der Waals surface area contributed by atoms with Crippen LogP contribution in [0.25, 0.3) is 11.4 Å². The van der Waals surface area contributed by atoms with Gasteiger partial charge in [0.15, 0.2) is 5.82 Å². The third-order valence-electron chi connectivity index (χ3n) is 5.51. The Morgan fingerprint density at radius 3 is 2.42 bits per heavy atom. The number of ether oxygens (including phenoxy) is 1. The van der Waals surface area contributed by atoms with E-state index < -0.39 is 0 Å². The first-order chi connectivity index (χ1) is 15.3. The zero-order valence-corrected chi connectivity index (χ0v) is 17.2. The molecule has 1 aromatic heterocycles. The fourth-order valence-corrected chi connectivity index (χ4v) is 3.65. The molecule has 0 atom stereocenters. The lowest BCUT2D eigenvalue weighted by atomic mass is 10.2. The standard InChI is InChI=1S/C22H25N7O2/c30-21(24-18-5-7-19(8-6-18)28-11-13-31-14-12-28)15-23-17-3-1-16(2-4-17)22-25-26-27-29(22)20-9-10-20/h1-8,20,23H,9-15H2,(H,24,30). The molecule has 0 spiro atoms. The van der Waals surface area contributed by atoms with Crippen molar-refractivity contribution in [2.75, 3.05) is 48.4 Å². The number of carbonyl (C=O) groups is 1. The Labute approximate surface area is 180 Å². The number of hydrogen-bond acceptors (Lipinski definition) is 7. The molecule has 31 heavy (non-hydrogen) atoms. The Bertz CT molecular complexity index is 1020. The SMILES string of the molecule is O=C(CNc1ccc(-c2nnnn2C2CC2)cc1)Nc1ccc(N2CCOCC2)cc1. The lowest BCUT2D eigenvalue weighted by Crippen LogP contribution is -2.36. The van der Waals surface area contributed by atoms with E-state index >= 15 is 0 Å². The molecule has 1 aliphatic carbocycles. The Balaban J connectivity index is 1.13. The van der Waals surface area contributed by atoms with Crippen molar-refractivity contribution in [2.45, 2.75) is 18.9 Å². The first-order valence-electron chi connectivity index (χ1n) is 10.6. The quantitative estimate of drug-likeness (QED) is 0.607. The van der Waals surface area contributed by atoms with Crippen LogP contribution in [0.1, 0.15) is 18.9 Å². The Kier molecular flexibility index (Phi) is 5.49. The van der Waals surface area contributed by atoms with E-state index in [9.17, 15) is 4.79 Å². The van der Waals surface area contributed by atoms with Crippen molar-refractivity contribution in [3.63, 3.8) is 0 Å². The minimum absolute atomic E-state index is 0.0964. The molecule has 1 saturated heterocycles. The molecule has 1 aliphatic heterocycles. The smallest absolute Gasteiger partial charge is 0.243 e. The molecular formula is C22H25N7O2. The molecule has 1 saturated carbocycles. The maximum absolute atomic E-state index is 12.3. The van der Waals surface area contributed by atoms with Crippen LogP contribution in [-0.2, 0) is 9.53 Å². The number of carbonyl (C=O) groups excluding carboxylic acids is 1. The molecule has 3 aromatic rings. The second kappa shape index (κ2) is 8.73. The largest absolute Gasteiger partial charge is 0.378 e. The van der Waals surface area contributed by atoms with E-state index in [1.807, 2.05) is 53.2 Å². The van der Waals surface area contributed by atoms with Crippen LogP contribution in [0.2, 0.25) is 0 Å². The van der Waals surface area contributed by atoms with E-state index in [1.165, 1.54) is 0 Å². The average molecular weight is 419 g/mol. The van der Waals surface area contributed by atoms with Crippen molar-refractivity contribution in [3.8, 4) is 11.4 Å². The van der Waals surface area contributed by atoms with Gasteiger partial charge in [-0.25, -0.2) is 4.68 Å². The third kappa shape index (κ3) is 4.66. The van der Waals surface area contributed by atoms with Crippen LogP contribution in [0.3, 0.4) is 0 Å². The summed E-state index contributed by atoms with van der Waals surface area (Å²) >= 11 is 0. The molecule has 0 unspecified atom stereocenters. The molecule has 2 aromatic carbocycles. The number of benzene rings is 2. The summed E-state index contributed by atoms with van der Waals surface area (Å²) in [5.74, 6) is 0.688. The Morgan fingerprint density at radius 1 is 1.00 bits per heavy atom. The molecule has 9 heteroatoms. The number of amides is 1. The van der Waals surface area contributed by atoms with Crippen molar-refractivity contribution >= 4 is 23.0 Å². The van der Waals surface area contributed by atoms with E-state index in [2.05, 4.69) is 31.1 Å². The molecule has 5 rings (SSSR count). The van der Waals surface area contributed by atoms with Crippen LogP contribution in [-0.4, -0.2) is 59.0 Å². The van der Waals surface area contributed by atoms with Crippen molar-refractivity contribution in [3.05, 3.63) is 48.5 Å². The highest BCUT2D eigenvalue weighted by atomic mass is 16.5. The summed E-state index contributed by atoms with van der Waals surface area (Å²) in [7, 11) is 0. The summed E-state index contributed by atoms with van der Waals surface area (Å²) in [6.07, 6.45) is 2.26. The highest BCUT2D eigenvalue weighted by Crippen LogP contribution is 2.36. The van der Waals surface area contributed by atoms with E-state index in [0.717, 1.165) is 67.6 Å². The minimum Gasteiger partial charge on any atom is -0.378 e. The van der Waals surface area contributed by atoms with Gasteiger partial charge in [0.2, 0.25) is 5.91 Å². The van der Waals surface area contributed by atoms with Crippen molar-refractivity contribution in [2.24, 2.45) is 0 Å². The molecule has 2 aliphatic rings. The number of anilines is 3. The monoisotopic (exact) mass is 419 g/mol. The third-order valence-corrected chi connectivity index (χ3v) is 5.51. The summed E-state index contributed by atoms with van der Waals surface area (Å²) in [5.41, 5.74) is 3.76. The van der Waals surface area contributed by atoms with Crippen LogP contribution in [0.5, 0.6) is 0 Å². The van der Waals surface area contributed by atoms with Crippen molar-refractivity contribution in [1.29, 1.82) is 0 Å². The topological polar surface area (TPSA) is 97.2 Å². The van der Waals surface area contributed by atoms with E-state index in [0.29, 0.717) is 6.04 Å². The van der Waals surface area contributed by atoms with Crippen molar-refractivity contribution in [1.82, 2.24) is 20.2 Å². The number of nitrogens with one attached hydrogen (secondary N) is 2. The molecule has 160 valence electrons. The van der Waals surface area contributed by atoms with Gasteiger partial charge in [-0.05, 0) is 71.8 Å². The number of rotatable bonds is 7. The average Bonchev–Trinajstić information content (AvgIpc) is 3.55. The Morgan fingerprint density at radius 2 is 1.71 bits per heavy atom. The molecule has 2 fully saturated rings. The van der Waals surface area contributed by atoms with Gasteiger partial charge in [-0.2, -0.15) is 0 Å². The van der Waals surface area contributed by atoms with Crippen LogP contribution in [0.15, 0.2) is 48.5 Å². The lowest BCUT2D eigenvalue weighted by molar-refractivity contribution is -0.114. The molecule has 2 N–H and O–H groups in total. The number of morpholine rings is 1. The van der Waals surface area contributed by atoms with Gasteiger partial charge in [0, 0.05) is 35.7 Å². The fraction of sp³-hybridized carbons (Fsp3) is 0.364. The van der Waals surface area contributed by atoms with E-state index in [-0.39, 0.29) is 12.5 Å². The second-order valence-corrected chi connectivity index (χ2v) is 7.80. The lowest BCUT2D eigenvalue weighted by Gasteiger charge is -2.28. The Hall–Kier alpha value is -3.46. The van der Waals surface area contributed by atoms with Gasteiger partial charge in [0.25, 0.3) is 0 Å². The van der Waals surface area contributed by atoms with Crippen LogP contribution in [0, 0.1) is 0 Å². The molecule has 0 radical (unpaired) electrons. The number of hydrogen-bond donors (Lipinski definition) is 2. The highest BCUT2D eigenvalue weighted by Gasteiger charge is 2.28. The first kappa shape index (κ1) is 19.5. The van der Waals surface area contributed by atoms with Gasteiger partial charge in [0.1, 0.15) is 0 Å². The summed E-state index contributed by atoms with van der Waals surface area (Å²) < 4.78 is 7.28. The van der Waals surface area contributed by atoms with Crippen LogP contribution in [0.4, 0.5) is 17.1 Å². The molecule has 1 amide bonds. The van der Waals surface area contributed by atoms with Gasteiger partial charge in [-0.15, -0.1) is 5.10 Å². The maximum Gasteiger partial charge on any atom is 0.243 e. The normalized spacial score (nSPS) is 16.2. The van der Waals surface area contributed by atoms with Crippen LogP contribution >= 0.6 is 0 Å². The molecule has 2 heterocycles. The van der Waals surface area contributed by atoms with E-state index in [4.69, 9.17) is 4.74 Å². The van der Waals surface area contributed by atoms with E-state index in [1.54, 1.807) is 0 Å². The number of tetrazole rings is 1. The zero-order chi connectivity index (χ0) is 21.0. The van der Waals surface area contributed by atoms with Gasteiger partial charge in [-0.1, -0.05) is 0 Å². The summed E-state index contributed by atoms with van der Waals surface area (Å²) in [6.45, 7) is 3.48. The molecular weight excluding hydrogens is 394 g/mol. The summed E-state index contributed by atoms with van der Waals surface area (Å²) in [5, 5.41) is 18.1.